The molecule has 22 heteroatoms. The molecule has 2 heterocycles. The Balaban J connectivity index is 2.74. The number of methoxy groups -OCH3 is 1. The van der Waals surface area contributed by atoms with E-state index in [-0.39, 0.29) is 0 Å². The third-order valence-corrected chi connectivity index (χ3v) is 7.35. The first-order valence-electron chi connectivity index (χ1n) is 16.6. The SMILES string of the molecule is CO[C@@H]1O[C@H]([C@H](CO[C@@H]2O[C@H]([C@H](COC(C)=O)OC(C)=O)[C@@H](OC(C)=O)[C@H](OC(C)=O)[C@@H]2OC(C)=O)OC(C)=O)[C@@H](OC(C)=O)[C@H](OC(C)=O)[C@@H]1OC(C)=O. The van der Waals surface area contributed by atoms with E-state index >= 15 is 0 Å². The maximum absolute atomic E-state index is 12.5. The third-order valence-electron chi connectivity index (χ3n) is 7.35. The van der Waals surface area contributed by atoms with Crippen molar-refractivity contribution in [1.82, 2.24) is 0 Å². The maximum Gasteiger partial charge on any atom is 0.303 e. The molecular formula is C33H46O22. The lowest BCUT2D eigenvalue weighted by Gasteiger charge is -2.47. The van der Waals surface area contributed by atoms with E-state index in [0.29, 0.717) is 0 Å². The summed E-state index contributed by atoms with van der Waals surface area (Å²) in [4.78, 5) is 110. The van der Waals surface area contributed by atoms with Crippen LogP contribution < -0.4 is 0 Å². The average Bonchev–Trinajstić information content (AvgIpc) is 3.03. The summed E-state index contributed by atoms with van der Waals surface area (Å²) in [7, 11) is 1.15. The summed E-state index contributed by atoms with van der Waals surface area (Å²) in [6.07, 6.45) is -19.9. The van der Waals surface area contributed by atoms with Crippen LogP contribution >= 0.6 is 0 Å². The van der Waals surface area contributed by atoms with Crippen LogP contribution in [0.4, 0.5) is 0 Å². The van der Waals surface area contributed by atoms with Crippen molar-refractivity contribution in [2.45, 2.75) is 136 Å². The molecule has 0 saturated carbocycles. The molecule has 0 spiro atoms. The van der Waals surface area contributed by atoms with E-state index in [1.165, 1.54) is 0 Å². The molecule has 0 aromatic carbocycles. The molecule has 0 aliphatic carbocycles. The number of rotatable bonds is 16. The molecule has 0 aromatic rings. The molecule has 22 nitrogen and oxygen atoms in total. The van der Waals surface area contributed by atoms with Gasteiger partial charge in [-0.15, -0.1) is 0 Å². The molecule has 0 bridgehead atoms. The number of carbonyl (C=O) groups is 9. The molecule has 0 aromatic heterocycles. The van der Waals surface area contributed by atoms with Crippen LogP contribution in [0.25, 0.3) is 0 Å². The van der Waals surface area contributed by atoms with Gasteiger partial charge in [-0.25, -0.2) is 0 Å². The molecule has 12 atom stereocenters. The fraction of sp³-hybridized carbons (Fsp3) is 0.727. The fourth-order valence-electron chi connectivity index (χ4n) is 5.74. The Morgan fingerprint density at radius 1 is 0.418 bits per heavy atom. The zero-order chi connectivity index (χ0) is 41.7. The summed E-state index contributed by atoms with van der Waals surface area (Å²) in [5, 5.41) is 0. The molecule has 0 N–H and O–H groups in total. The van der Waals surface area contributed by atoms with Crippen LogP contribution in [0, 0.1) is 0 Å². The Morgan fingerprint density at radius 3 is 1.09 bits per heavy atom. The van der Waals surface area contributed by atoms with Crippen LogP contribution in [0.2, 0.25) is 0 Å². The van der Waals surface area contributed by atoms with Crippen molar-refractivity contribution in [3.05, 3.63) is 0 Å². The molecular weight excluding hydrogens is 748 g/mol. The number of esters is 9. The smallest absolute Gasteiger partial charge is 0.303 e. The highest BCUT2D eigenvalue weighted by Crippen LogP contribution is 2.35. The van der Waals surface area contributed by atoms with Crippen LogP contribution in [0.3, 0.4) is 0 Å². The zero-order valence-corrected chi connectivity index (χ0v) is 31.8. The number of ether oxygens (including phenoxy) is 13. The first-order valence-corrected chi connectivity index (χ1v) is 16.6. The normalized spacial score (nSPS) is 28.5. The third kappa shape index (κ3) is 14.3. The molecule has 2 aliphatic rings. The summed E-state index contributed by atoms with van der Waals surface area (Å²) in [6, 6.07) is 0. The van der Waals surface area contributed by atoms with E-state index in [1.807, 2.05) is 0 Å². The summed E-state index contributed by atoms with van der Waals surface area (Å²) in [5.41, 5.74) is 0. The van der Waals surface area contributed by atoms with Crippen molar-refractivity contribution in [1.29, 1.82) is 0 Å². The van der Waals surface area contributed by atoms with Gasteiger partial charge in [0.15, 0.2) is 61.4 Å². The zero-order valence-electron chi connectivity index (χ0n) is 31.8. The number of hydrogen-bond donors (Lipinski definition) is 0. The molecule has 2 aliphatic heterocycles. The van der Waals surface area contributed by atoms with Gasteiger partial charge in [0, 0.05) is 69.4 Å². The highest BCUT2D eigenvalue weighted by molar-refractivity contribution is 5.70. The summed E-state index contributed by atoms with van der Waals surface area (Å²) in [5.74, 6) is -8.25. The Bertz CT molecular complexity index is 1430. The lowest BCUT2D eigenvalue weighted by Crippen LogP contribution is -2.66. The van der Waals surface area contributed by atoms with Crippen molar-refractivity contribution in [2.24, 2.45) is 0 Å². The van der Waals surface area contributed by atoms with Gasteiger partial charge in [-0.2, -0.15) is 0 Å². The predicted octanol–water partition coefficient (Wildman–Crippen LogP) is -0.884. The van der Waals surface area contributed by atoms with Gasteiger partial charge in [-0.3, -0.25) is 43.2 Å². The van der Waals surface area contributed by atoms with Crippen LogP contribution in [-0.2, 0) is 105 Å². The lowest BCUT2D eigenvalue weighted by atomic mass is 9.93. The summed E-state index contributed by atoms with van der Waals surface area (Å²) in [6.45, 7) is 7.62. The molecule has 2 saturated heterocycles. The van der Waals surface area contributed by atoms with E-state index in [4.69, 9.17) is 61.6 Å². The van der Waals surface area contributed by atoms with Crippen molar-refractivity contribution in [3.63, 3.8) is 0 Å². The summed E-state index contributed by atoms with van der Waals surface area (Å²) >= 11 is 0. The van der Waals surface area contributed by atoms with Gasteiger partial charge >= 0.3 is 53.7 Å². The minimum atomic E-state index is -1.87. The van der Waals surface area contributed by atoms with Crippen molar-refractivity contribution in [2.75, 3.05) is 20.3 Å². The number of carbonyl (C=O) groups excluding carboxylic acids is 9. The molecule has 2 fully saturated rings. The van der Waals surface area contributed by atoms with E-state index in [1.54, 1.807) is 0 Å². The minimum Gasteiger partial charge on any atom is -0.462 e. The predicted molar refractivity (Wildman–Crippen MR) is 171 cm³/mol. The van der Waals surface area contributed by atoms with E-state index < -0.39 is 141 Å². The quantitative estimate of drug-likeness (QED) is 0.135. The molecule has 0 amide bonds. The van der Waals surface area contributed by atoms with Gasteiger partial charge in [0.2, 0.25) is 0 Å². The van der Waals surface area contributed by atoms with Crippen LogP contribution in [-0.4, -0.2) is 148 Å². The molecule has 310 valence electrons. The molecule has 0 unspecified atom stereocenters. The second-order valence-electron chi connectivity index (χ2n) is 12.0. The Morgan fingerprint density at radius 2 is 0.745 bits per heavy atom. The second kappa shape index (κ2) is 21.2. The standard InChI is InChI=1S/C33H46O22/c1-13(34)44-11-22(46-14(2)35)25-27(49-17(5)38)29(51-19(7)40)31(53-21(9)42)33(55-25)45-12-23(47-15(3)36)24-26(48-16(4)37)28(50-18(6)39)30(52-20(8)41)32(43-10)54-24/h22-33H,11-12H2,1-10H3/t22-,23-,24+,25+,26+,27+,28-,29-,30-,31-,32+,33+/m0/s1. The van der Waals surface area contributed by atoms with Crippen LogP contribution in [0.15, 0.2) is 0 Å². The first kappa shape index (κ1) is 46.2. The van der Waals surface area contributed by atoms with Crippen LogP contribution in [0.1, 0.15) is 62.3 Å². The van der Waals surface area contributed by atoms with Crippen molar-refractivity contribution in [3.8, 4) is 0 Å². The Labute approximate surface area is 314 Å². The second-order valence-corrected chi connectivity index (χ2v) is 12.0. The van der Waals surface area contributed by atoms with Crippen LogP contribution in [0.5, 0.6) is 0 Å². The highest BCUT2D eigenvalue weighted by Gasteiger charge is 2.58. The maximum atomic E-state index is 12.5. The molecule has 2 rings (SSSR count). The van der Waals surface area contributed by atoms with Crippen molar-refractivity contribution < 1.29 is 105 Å². The highest BCUT2D eigenvalue weighted by atomic mass is 16.8. The lowest BCUT2D eigenvalue weighted by molar-refractivity contribution is -0.333. The topological polar surface area (TPSA) is 274 Å². The Kier molecular flexibility index (Phi) is 17.8. The minimum absolute atomic E-state index is 0.676. The molecule has 0 radical (unpaired) electrons. The van der Waals surface area contributed by atoms with E-state index in [2.05, 4.69) is 0 Å². The fourth-order valence-corrected chi connectivity index (χ4v) is 5.74. The number of hydrogen-bond acceptors (Lipinski definition) is 22. The first-order chi connectivity index (χ1) is 25.6. The largest absolute Gasteiger partial charge is 0.462 e. The van der Waals surface area contributed by atoms with Gasteiger partial charge in [0.25, 0.3) is 0 Å². The van der Waals surface area contributed by atoms with Gasteiger partial charge in [0.1, 0.15) is 18.8 Å². The van der Waals surface area contributed by atoms with E-state index in [0.717, 1.165) is 69.4 Å². The van der Waals surface area contributed by atoms with Gasteiger partial charge < -0.3 is 61.6 Å². The average molecular weight is 795 g/mol. The van der Waals surface area contributed by atoms with Gasteiger partial charge in [0.05, 0.1) is 6.61 Å². The Hall–Kier alpha value is -4.93. The van der Waals surface area contributed by atoms with Crippen molar-refractivity contribution >= 4 is 53.7 Å². The molecule has 55 heavy (non-hydrogen) atoms. The van der Waals surface area contributed by atoms with E-state index in [9.17, 15) is 43.2 Å². The summed E-state index contributed by atoms with van der Waals surface area (Å²) < 4.78 is 71.8. The van der Waals surface area contributed by atoms with Gasteiger partial charge in [-0.1, -0.05) is 0 Å². The monoisotopic (exact) mass is 794 g/mol. The van der Waals surface area contributed by atoms with Gasteiger partial charge in [-0.05, 0) is 0 Å².